The van der Waals surface area contributed by atoms with Crippen molar-refractivity contribution in [3.8, 4) is 0 Å². The molecular formula is C12H7ClF3N3O. The van der Waals surface area contributed by atoms with E-state index in [2.05, 4.69) is 15.3 Å². The average Bonchev–Trinajstić information content (AvgIpc) is 2.40. The summed E-state index contributed by atoms with van der Waals surface area (Å²) in [5.41, 5.74) is -0.992. The van der Waals surface area contributed by atoms with Crippen LogP contribution in [0.2, 0.25) is 5.02 Å². The maximum Gasteiger partial charge on any atom is 0.417 e. The fourth-order valence-electron chi connectivity index (χ4n) is 1.44. The number of carbonyl (C=O) groups is 1. The number of carbonyl (C=O) groups excluding carboxylic acids is 1. The summed E-state index contributed by atoms with van der Waals surface area (Å²) in [6.45, 7) is 0. The first kappa shape index (κ1) is 14.3. The zero-order chi connectivity index (χ0) is 14.8. The average molecular weight is 302 g/mol. The van der Waals surface area contributed by atoms with E-state index in [9.17, 15) is 18.0 Å². The van der Waals surface area contributed by atoms with Crippen molar-refractivity contribution in [2.24, 2.45) is 0 Å². The topological polar surface area (TPSA) is 54.9 Å². The second-order valence-electron chi connectivity index (χ2n) is 3.74. The van der Waals surface area contributed by atoms with Crippen LogP contribution < -0.4 is 5.32 Å². The summed E-state index contributed by atoms with van der Waals surface area (Å²) in [6.07, 6.45) is -2.07. The molecule has 0 saturated carbocycles. The van der Waals surface area contributed by atoms with Gasteiger partial charge < -0.3 is 5.32 Å². The predicted octanol–water partition coefficient (Wildman–Crippen LogP) is 3.40. The lowest BCUT2D eigenvalue weighted by atomic mass is 10.2. The summed E-state index contributed by atoms with van der Waals surface area (Å²) >= 11 is 5.48. The van der Waals surface area contributed by atoms with Crippen LogP contribution in [0.1, 0.15) is 16.1 Å². The van der Waals surface area contributed by atoms with E-state index in [-0.39, 0.29) is 11.4 Å². The van der Waals surface area contributed by atoms with Crippen LogP contribution >= 0.6 is 11.6 Å². The van der Waals surface area contributed by atoms with Crippen molar-refractivity contribution >= 4 is 23.2 Å². The number of halogens is 4. The van der Waals surface area contributed by atoms with Crippen molar-refractivity contribution in [2.75, 3.05) is 5.32 Å². The van der Waals surface area contributed by atoms with Gasteiger partial charge in [0.1, 0.15) is 12.0 Å². The van der Waals surface area contributed by atoms with E-state index in [4.69, 9.17) is 11.6 Å². The maximum atomic E-state index is 12.7. The molecule has 0 bridgehead atoms. The minimum Gasteiger partial charge on any atom is -0.321 e. The molecule has 0 aliphatic heterocycles. The Morgan fingerprint density at radius 1 is 1.25 bits per heavy atom. The van der Waals surface area contributed by atoms with Crippen LogP contribution in [0.3, 0.4) is 0 Å². The summed E-state index contributed by atoms with van der Waals surface area (Å²) in [7, 11) is 0. The van der Waals surface area contributed by atoms with Gasteiger partial charge in [0.2, 0.25) is 0 Å². The van der Waals surface area contributed by atoms with Gasteiger partial charge in [-0.2, -0.15) is 13.2 Å². The number of nitrogens with one attached hydrogen (secondary N) is 1. The van der Waals surface area contributed by atoms with E-state index in [0.29, 0.717) is 0 Å². The van der Waals surface area contributed by atoms with Crippen molar-refractivity contribution in [1.82, 2.24) is 9.97 Å². The lowest BCUT2D eigenvalue weighted by Gasteiger charge is -2.11. The summed E-state index contributed by atoms with van der Waals surface area (Å²) < 4.78 is 38.0. The Morgan fingerprint density at radius 3 is 2.60 bits per heavy atom. The molecule has 104 valence electrons. The first-order valence-corrected chi connectivity index (χ1v) is 5.70. The van der Waals surface area contributed by atoms with Crippen LogP contribution in [0.25, 0.3) is 0 Å². The summed E-state index contributed by atoms with van der Waals surface area (Å²) in [4.78, 5) is 19.1. The van der Waals surface area contributed by atoms with Gasteiger partial charge in [-0.1, -0.05) is 11.6 Å². The van der Waals surface area contributed by atoms with Crippen LogP contribution in [0.15, 0.2) is 36.8 Å². The Kier molecular flexibility index (Phi) is 3.89. The lowest BCUT2D eigenvalue weighted by molar-refractivity contribution is -0.137. The smallest absolute Gasteiger partial charge is 0.321 e. The molecule has 0 atom stereocenters. The van der Waals surface area contributed by atoms with E-state index in [1.807, 2.05) is 0 Å². The SMILES string of the molecule is O=C(Nc1ccc(Cl)c(C(F)(F)F)c1)c1ccncn1. The van der Waals surface area contributed by atoms with Crippen molar-refractivity contribution in [2.45, 2.75) is 6.18 Å². The van der Waals surface area contributed by atoms with E-state index in [1.54, 1.807) is 0 Å². The van der Waals surface area contributed by atoms with Gasteiger partial charge in [-0.25, -0.2) is 9.97 Å². The normalized spacial score (nSPS) is 11.2. The third kappa shape index (κ3) is 3.24. The molecule has 0 radical (unpaired) electrons. The first-order valence-electron chi connectivity index (χ1n) is 5.32. The molecule has 1 aromatic heterocycles. The van der Waals surface area contributed by atoms with Crippen molar-refractivity contribution < 1.29 is 18.0 Å². The zero-order valence-corrected chi connectivity index (χ0v) is 10.5. The molecule has 0 spiro atoms. The van der Waals surface area contributed by atoms with Gasteiger partial charge in [0, 0.05) is 11.9 Å². The summed E-state index contributed by atoms with van der Waals surface area (Å²) in [5, 5.41) is 1.88. The quantitative estimate of drug-likeness (QED) is 0.925. The van der Waals surface area contributed by atoms with E-state index >= 15 is 0 Å². The number of rotatable bonds is 2. The Bertz CT molecular complexity index is 632. The molecule has 1 aromatic carbocycles. The van der Waals surface area contributed by atoms with E-state index < -0.39 is 22.7 Å². The summed E-state index contributed by atoms with van der Waals surface area (Å²) in [6, 6.07) is 4.45. The highest BCUT2D eigenvalue weighted by Crippen LogP contribution is 2.36. The Hall–Kier alpha value is -2.15. The van der Waals surface area contributed by atoms with E-state index in [0.717, 1.165) is 18.5 Å². The van der Waals surface area contributed by atoms with Crippen molar-refractivity contribution in [3.05, 3.63) is 53.1 Å². The molecule has 1 amide bonds. The minimum absolute atomic E-state index is 0.0228. The number of hydrogen-bond acceptors (Lipinski definition) is 3. The largest absolute Gasteiger partial charge is 0.417 e. The van der Waals surface area contributed by atoms with Gasteiger partial charge in [-0.15, -0.1) is 0 Å². The van der Waals surface area contributed by atoms with E-state index in [1.165, 1.54) is 18.3 Å². The van der Waals surface area contributed by atoms with Gasteiger partial charge >= 0.3 is 6.18 Å². The predicted molar refractivity (Wildman–Crippen MR) is 66.4 cm³/mol. The molecule has 0 fully saturated rings. The Labute approximate surface area is 116 Å². The molecule has 4 nitrogen and oxygen atoms in total. The van der Waals surface area contributed by atoms with Crippen LogP contribution in [-0.2, 0) is 6.18 Å². The fraction of sp³-hybridized carbons (Fsp3) is 0.0833. The maximum absolute atomic E-state index is 12.7. The van der Waals surface area contributed by atoms with Gasteiger partial charge in [0.25, 0.3) is 5.91 Å². The number of amides is 1. The molecule has 0 saturated heterocycles. The van der Waals surface area contributed by atoms with Gasteiger partial charge in [-0.05, 0) is 24.3 Å². The second-order valence-corrected chi connectivity index (χ2v) is 4.15. The van der Waals surface area contributed by atoms with Crippen LogP contribution in [0.5, 0.6) is 0 Å². The molecule has 8 heteroatoms. The monoisotopic (exact) mass is 301 g/mol. The number of aromatic nitrogens is 2. The van der Waals surface area contributed by atoms with Gasteiger partial charge in [-0.3, -0.25) is 4.79 Å². The second kappa shape index (κ2) is 5.46. The van der Waals surface area contributed by atoms with Crippen molar-refractivity contribution in [1.29, 1.82) is 0 Å². The van der Waals surface area contributed by atoms with Crippen LogP contribution in [0, 0.1) is 0 Å². The molecule has 1 N–H and O–H groups in total. The minimum atomic E-state index is -4.59. The highest BCUT2D eigenvalue weighted by molar-refractivity contribution is 6.31. The summed E-state index contributed by atoms with van der Waals surface area (Å²) in [5.74, 6) is -0.636. The molecule has 2 rings (SSSR count). The van der Waals surface area contributed by atoms with Gasteiger partial charge in [0.15, 0.2) is 0 Å². The molecule has 20 heavy (non-hydrogen) atoms. The third-order valence-corrected chi connectivity index (χ3v) is 2.67. The molecule has 2 aromatic rings. The fourth-order valence-corrected chi connectivity index (χ4v) is 1.67. The number of hydrogen-bond donors (Lipinski definition) is 1. The number of nitrogens with zero attached hydrogens (tertiary/aromatic N) is 2. The Morgan fingerprint density at radius 2 is 2.00 bits per heavy atom. The Balaban J connectivity index is 2.25. The molecular weight excluding hydrogens is 295 g/mol. The molecule has 1 heterocycles. The highest BCUT2D eigenvalue weighted by Gasteiger charge is 2.33. The zero-order valence-electron chi connectivity index (χ0n) is 9.78. The lowest BCUT2D eigenvalue weighted by Crippen LogP contribution is -2.14. The van der Waals surface area contributed by atoms with Crippen LogP contribution in [-0.4, -0.2) is 15.9 Å². The number of benzene rings is 1. The standard InChI is InChI=1S/C12H7ClF3N3O/c13-9-2-1-7(5-8(9)12(14,15)16)19-11(20)10-3-4-17-6-18-10/h1-6H,(H,19,20). The molecule has 0 aliphatic carbocycles. The number of anilines is 1. The van der Waals surface area contributed by atoms with Crippen molar-refractivity contribution in [3.63, 3.8) is 0 Å². The van der Waals surface area contributed by atoms with Crippen LogP contribution in [0.4, 0.5) is 18.9 Å². The first-order chi connectivity index (χ1) is 9.38. The third-order valence-electron chi connectivity index (χ3n) is 2.34. The molecule has 0 unspecified atom stereocenters. The van der Waals surface area contributed by atoms with Gasteiger partial charge in [0.05, 0.1) is 10.6 Å². The highest BCUT2D eigenvalue weighted by atomic mass is 35.5. The number of alkyl halides is 3. The molecule has 0 aliphatic rings.